The summed E-state index contributed by atoms with van der Waals surface area (Å²) in [6.07, 6.45) is 6.63. The largest absolute Gasteiger partial charge is 0.508 e. The molecule has 1 spiro atoms. The Morgan fingerprint density at radius 1 is 1.11 bits per heavy atom. The van der Waals surface area contributed by atoms with E-state index in [4.69, 9.17) is 0 Å². The van der Waals surface area contributed by atoms with Crippen LogP contribution in [-0.2, 0) is 17.8 Å². The van der Waals surface area contributed by atoms with E-state index in [1.807, 2.05) is 36.5 Å². The lowest BCUT2D eigenvalue weighted by atomic mass is 9.73. The molecule has 2 aromatic rings. The van der Waals surface area contributed by atoms with Crippen molar-refractivity contribution in [2.24, 2.45) is 5.41 Å². The SMILES string of the molecule is O=C1CC[C@@]2(CCCN(Cc3cccc(O)c3)C2)CN1CCc1ccccn1. The van der Waals surface area contributed by atoms with Crippen molar-refractivity contribution in [3.05, 3.63) is 59.9 Å². The van der Waals surface area contributed by atoms with Crippen LogP contribution < -0.4 is 0 Å². The van der Waals surface area contributed by atoms with Gasteiger partial charge in [0.2, 0.25) is 5.91 Å². The van der Waals surface area contributed by atoms with Crippen LogP contribution in [-0.4, -0.2) is 52.0 Å². The third-order valence-electron chi connectivity index (χ3n) is 6.17. The van der Waals surface area contributed by atoms with Gasteiger partial charge in [-0.1, -0.05) is 18.2 Å². The number of likely N-dealkylation sites (tertiary alicyclic amines) is 2. The van der Waals surface area contributed by atoms with Gasteiger partial charge in [0.25, 0.3) is 0 Å². The first-order valence-corrected chi connectivity index (χ1v) is 10.3. The third kappa shape index (κ3) is 4.53. The van der Waals surface area contributed by atoms with Crippen LogP contribution in [0.1, 0.15) is 36.9 Å². The lowest BCUT2D eigenvalue weighted by Crippen LogP contribution is -2.54. The standard InChI is InChI=1S/C23H29N3O2/c27-21-7-3-5-19(15-21)16-25-13-4-10-23(17-25)11-8-22(28)26(18-23)14-9-20-6-1-2-12-24-20/h1-3,5-7,12,15,27H,4,8-11,13-14,16-18H2/t23-/m1/s1. The smallest absolute Gasteiger partial charge is 0.222 e. The lowest BCUT2D eigenvalue weighted by molar-refractivity contribution is -0.139. The summed E-state index contributed by atoms with van der Waals surface area (Å²) in [5.74, 6) is 0.611. The maximum atomic E-state index is 12.5. The molecule has 0 aliphatic carbocycles. The van der Waals surface area contributed by atoms with E-state index in [9.17, 15) is 9.90 Å². The van der Waals surface area contributed by atoms with E-state index < -0.39 is 0 Å². The van der Waals surface area contributed by atoms with Crippen LogP contribution in [0.25, 0.3) is 0 Å². The number of carbonyl (C=O) groups is 1. The van der Waals surface area contributed by atoms with Gasteiger partial charge in [0, 0.05) is 56.3 Å². The van der Waals surface area contributed by atoms with Gasteiger partial charge in [0.1, 0.15) is 5.75 Å². The number of hydrogen-bond donors (Lipinski definition) is 1. The fourth-order valence-electron chi connectivity index (χ4n) is 4.79. The molecule has 1 amide bonds. The van der Waals surface area contributed by atoms with E-state index in [1.165, 1.54) is 12.8 Å². The summed E-state index contributed by atoms with van der Waals surface area (Å²) >= 11 is 0. The van der Waals surface area contributed by atoms with Gasteiger partial charge in [-0.15, -0.1) is 0 Å². The molecule has 2 saturated heterocycles. The van der Waals surface area contributed by atoms with Crippen molar-refractivity contribution in [2.75, 3.05) is 26.2 Å². The maximum Gasteiger partial charge on any atom is 0.222 e. The van der Waals surface area contributed by atoms with Crippen LogP contribution in [0.2, 0.25) is 0 Å². The molecule has 2 fully saturated rings. The molecular weight excluding hydrogens is 350 g/mol. The molecule has 0 saturated carbocycles. The zero-order valence-electron chi connectivity index (χ0n) is 16.4. The Morgan fingerprint density at radius 3 is 2.86 bits per heavy atom. The Hall–Kier alpha value is -2.40. The fourth-order valence-corrected chi connectivity index (χ4v) is 4.79. The zero-order chi connectivity index (χ0) is 19.4. The van der Waals surface area contributed by atoms with Gasteiger partial charge in [-0.2, -0.15) is 0 Å². The molecule has 1 aromatic heterocycles. The quantitative estimate of drug-likeness (QED) is 0.867. The van der Waals surface area contributed by atoms with Crippen molar-refractivity contribution in [3.8, 4) is 5.75 Å². The van der Waals surface area contributed by atoms with Crippen molar-refractivity contribution < 1.29 is 9.90 Å². The van der Waals surface area contributed by atoms with Crippen LogP contribution >= 0.6 is 0 Å². The van der Waals surface area contributed by atoms with E-state index in [0.29, 0.717) is 12.2 Å². The van der Waals surface area contributed by atoms with Crippen LogP contribution in [0, 0.1) is 5.41 Å². The molecule has 2 aliphatic heterocycles. The van der Waals surface area contributed by atoms with Crippen molar-refractivity contribution in [1.82, 2.24) is 14.8 Å². The number of phenolic OH excluding ortho intramolecular Hbond substituents is 1. The monoisotopic (exact) mass is 379 g/mol. The molecule has 3 heterocycles. The Morgan fingerprint density at radius 2 is 2.04 bits per heavy atom. The Labute approximate surface area is 167 Å². The molecule has 1 atom stereocenters. The maximum absolute atomic E-state index is 12.5. The number of rotatable bonds is 5. The first kappa shape index (κ1) is 18.9. The number of carbonyl (C=O) groups excluding carboxylic acids is 1. The number of aromatic nitrogens is 1. The van der Waals surface area contributed by atoms with E-state index in [-0.39, 0.29) is 11.3 Å². The fraction of sp³-hybridized carbons (Fsp3) is 0.478. The van der Waals surface area contributed by atoms with Crippen LogP contribution in [0.3, 0.4) is 0 Å². The summed E-state index contributed by atoms with van der Waals surface area (Å²) in [5.41, 5.74) is 2.40. The Bertz CT molecular complexity index is 811. The topological polar surface area (TPSA) is 56.7 Å². The molecule has 2 aliphatic rings. The van der Waals surface area contributed by atoms with E-state index in [0.717, 1.165) is 56.8 Å². The lowest BCUT2D eigenvalue weighted by Gasteiger charge is -2.48. The molecule has 148 valence electrons. The highest BCUT2D eigenvalue weighted by atomic mass is 16.3. The number of nitrogens with zero attached hydrogens (tertiary/aromatic N) is 3. The van der Waals surface area contributed by atoms with Gasteiger partial charge in [-0.25, -0.2) is 0 Å². The minimum Gasteiger partial charge on any atom is -0.508 e. The minimum atomic E-state index is 0.201. The second-order valence-electron chi connectivity index (χ2n) is 8.37. The van der Waals surface area contributed by atoms with Gasteiger partial charge in [-0.3, -0.25) is 14.7 Å². The van der Waals surface area contributed by atoms with Gasteiger partial charge in [0.05, 0.1) is 0 Å². The highest BCUT2D eigenvalue weighted by Gasteiger charge is 2.41. The minimum absolute atomic E-state index is 0.201. The molecule has 5 nitrogen and oxygen atoms in total. The number of piperidine rings is 2. The summed E-state index contributed by atoms with van der Waals surface area (Å²) in [6.45, 7) is 4.58. The molecule has 4 rings (SSSR count). The van der Waals surface area contributed by atoms with Crippen LogP contribution in [0.15, 0.2) is 48.7 Å². The normalized spacial score (nSPS) is 23.3. The van der Waals surface area contributed by atoms with Crippen molar-refractivity contribution >= 4 is 5.91 Å². The van der Waals surface area contributed by atoms with Crippen molar-refractivity contribution in [3.63, 3.8) is 0 Å². The first-order chi connectivity index (χ1) is 13.6. The van der Waals surface area contributed by atoms with Gasteiger partial charge in [-0.05, 0) is 55.6 Å². The molecule has 1 aromatic carbocycles. The summed E-state index contributed by atoms with van der Waals surface area (Å²) in [7, 11) is 0. The average molecular weight is 380 g/mol. The second kappa shape index (κ2) is 8.31. The van der Waals surface area contributed by atoms with Crippen molar-refractivity contribution in [1.29, 1.82) is 0 Å². The number of hydrogen-bond acceptors (Lipinski definition) is 4. The second-order valence-corrected chi connectivity index (χ2v) is 8.37. The molecule has 1 N–H and O–H groups in total. The highest BCUT2D eigenvalue weighted by molar-refractivity contribution is 5.77. The zero-order valence-corrected chi connectivity index (χ0v) is 16.4. The Kier molecular flexibility index (Phi) is 5.62. The van der Waals surface area contributed by atoms with Gasteiger partial charge >= 0.3 is 0 Å². The third-order valence-corrected chi connectivity index (χ3v) is 6.17. The summed E-state index contributed by atoms with van der Waals surface area (Å²) < 4.78 is 0. The van der Waals surface area contributed by atoms with Gasteiger partial charge < -0.3 is 10.0 Å². The van der Waals surface area contributed by atoms with E-state index in [2.05, 4.69) is 20.9 Å². The number of pyridine rings is 1. The number of amides is 1. The molecule has 0 unspecified atom stereocenters. The predicted octanol–water partition coefficient (Wildman–Crippen LogP) is 3.23. The number of aromatic hydroxyl groups is 1. The number of benzene rings is 1. The van der Waals surface area contributed by atoms with Gasteiger partial charge in [0.15, 0.2) is 0 Å². The van der Waals surface area contributed by atoms with E-state index >= 15 is 0 Å². The summed E-state index contributed by atoms with van der Waals surface area (Å²) in [4.78, 5) is 21.5. The van der Waals surface area contributed by atoms with Crippen molar-refractivity contribution in [2.45, 2.75) is 38.6 Å². The highest BCUT2D eigenvalue weighted by Crippen LogP contribution is 2.39. The van der Waals surface area contributed by atoms with E-state index in [1.54, 1.807) is 6.07 Å². The Balaban J connectivity index is 1.39. The molecular formula is C23H29N3O2. The number of phenols is 1. The average Bonchev–Trinajstić information content (AvgIpc) is 2.70. The molecule has 0 bridgehead atoms. The predicted molar refractivity (Wildman–Crippen MR) is 109 cm³/mol. The van der Waals surface area contributed by atoms with Crippen LogP contribution in [0.5, 0.6) is 5.75 Å². The molecule has 28 heavy (non-hydrogen) atoms. The first-order valence-electron chi connectivity index (χ1n) is 10.3. The summed E-state index contributed by atoms with van der Waals surface area (Å²) in [6, 6.07) is 13.5. The summed E-state index contributed by atoms with van der Waals surface area (Å²) in [5, 5.41) is 9.73. The van der Waals surface area contributed by atoms with Crippen LogP contribution in [0.4, 0.5) is 0 Å². The molecule has 0 radical (unpaired) electrons. The molecule has 5 heteroatoms.